The predicted molar refractivity (Wildman–Crippen MR) is 74.7 cm³/mol. The fraction of sp³-hybridized carbons (Fsp3) is 0.200. The summed E-state index contributed by atoms with van der Waals surface area (Å²) < 4.78 is 18.4. The van der Waals surface area contributed by atoms with Gasteiger partial charge in [0.25, 0.3) is 0 Å². The molecule has 2 rings (SSSR count). The Balaban J connectivity index is 1.86. The molecule has 0 bridgehead atoms. The van der Waals surface area contributed by atoms with E-state index in [-0.39, 0.29) is 5.82 Å². The second-order valence-electron chi connectivity index (χ2n) is 4.01. The van der Waals surface area contributed by atoms with Crippen molar-refractivity contribution in [2.75, 3.05) is 6.61 Å². The fourth-order valence-electron chi connectivity index (χ4n) is 1.66. The average molecular weight is 309 g/mol. The highest BCUT2D eigenvalue weighted by atomic mass is 79.9. The van der Waals surface area contributed by atoms with Crippen LogP contribution in [0.25, 0.3) is 0 Å². The van der Waals surface area contributed by atoms with Gasteiger partial charge in [0.1, 0.15) is 11.6 Å². The summed E-state index contributed by atoms with van der Waals surface area (Å²) in [5.41, 5.74) is 2.27. The number of rotatable bonds is 5. The molecule has 0 aliphatic carbocycles. The Bertz CT molecular complexity index is 496. The largest absolute Gasteiger partial charge is 0.493 e. The van der Waals surface area contributed by atoms with Crippen LogP contribution in [0.2, 0.25) is 0 Å². The summed E-state index contributed by atoms with van der Waals surface area (Å²) in [5.74, 6) is 0.666. The second kappa shape index (κ2) is 6.55. The summed E-state index contributed by atoms with van der Waals surface area (Å²) in [7, 11) is 0. The number of benzene rings is 2. The van der Waals surface area contributed by atoms with Crippen LogP contribution in [0.3, 0.4) is 0 Å². The molecule has 0 saturated carbocycles. The molecule has 0 saturated heterocycles. The Hall–Kier alpha value is -1.35. The van der Waals surface area contributed by atoms with E-state index >= 15 is 0 Å². The Kier molecular flexibility index (Phi) is 4.76. The van der Waals surface area contributed by atoms with Gasteiger partial charge in [-0.25, -0.2) is 4.39 Å². The predicted octanol–water partition coefficient (Wildman–Crippen LogP) is 4.34. The SMILES string of the molecule is Fc1ccc(CCOc2cccc(CBr)c2)cc1. The third kappa shape index (κ3) is 3.84. The molecule has 2 aromatic carbocycles. The molecule has 0 heterocycles. The summed E-state index contributed by atoms with van der Waals surface area (Å²) in [6.07, 6.45) is 0.777. The number of ether oxygens (including phenoxy) is 1. The molecule has 94 valence electrons. The van der Waals surface area contributed by atoms with E-state index < -0.39 is 0 Å². The number of halogens is 2. The van der Waals surface area contributed by atoms with Crippen LogP contribution in [0.4, 0.5) is 4.39 Å². The minimum Gasteiger partial charge on any atom is -0.493 e. The molecule has 0 unspecified atom stereocenters. The third-order valence-electron chi connectivity index (χ3n) is 2.63. The normalized spacial score (nSPS) is 10.3. The molecule has 0 aliphatic rings. The lowest BCUT2D eigenvalue weighted by atomic mass is 10.1. The van der Waals surface area contributed by atoms with Crippen molar-refractivity contribution in [1.82, 2.24) is 0 Å². The first-order chi connectivity index (χ1) is 8.78. The van der Waals surface area contributed by atoms with Gasteiger partial charge in [-0.1, -0.05) is 40.2 Å². The minimum atomic E-state index is -0.204. The highest BCUT2D eigenvalue weighted by Gasteiger charge is 1.98. The van der Waals surface area contributed by atoms with Crippen LogP contribution in [0.1, 0.15) is 11.1 Å². The molecule has 0 N–H and O–H groups in total. The Labute approximate surface area is 115 Å². The summed E-state index contributed by atoms with van der Waals surface area (Å²) in [4.78, 5) is 0. The van der Waals surface area contributed by atoms with Gasteiger partial charge in [-0.2, -0.15) is 0 Å². The molecule has 0 aromatic heterocycles. The zero-order valence-corrected chi connectivity index (χ0v) is 11.5. The molecule has 0 atom stereocenters. The molecule has 0 fully saturated rings. The van der Waals surface area contributed by atoms with Gasteiger partial charge in [-0.05, 0) is 35.4 Å². The Morgan fingerprint density at radius 2 is 1.78 bits per heavy atom. The summed E-state index contributed by atoms with van der Waals surface area (Å²) in [6, 6.07) is 14.5. The lowest BCUT2D eigenvalue weighted by Crippen LogP contribution is -2.01. The standard InChI is InChI=1S/C15H14BrFO/c16-11-13-2-1-3-15(10-13)18-9-8-12-4-6-14(17)7-5-12/h1-7,10H,8-9,11H2. The second-order valence-corrected chi connectivity index (χ2v) is 4.57. The summed E-state index contributed by atoms with van der Waals surface area (Å²) in [5, 5.41) is 0.822. The molecule has 0 radical (unpaired) electrons. The van der Waals surface area contributed by atoms with Gasteiger partial charge < -0.3 is 4.74 Å². The van der Waals surface area contributed by atoms with E-state index in [1.807, 2.05) is 24.3 Å². The Morgan fingerprint density at radius 3 is 2.50 bits per heavy atom. The zero-order chi connectivity index (χ0) is 12.8. The number of hydrogen-bond acceptors (Lipinski definition) is 1. The highest BCUT2D eigenvalue weighted by molar-refractivity contribution is 9.08. The van der Waals surface area contributed by atoms with E-state index in [1.165, 1.54) is 17.7 Å². The van der Waals surface area contributed by atoms with Crippen molar-refractivity contribution < 1.29 is 9.13 Å². The van der Waals surface area contributed by atoms with Crippen LogP contribution in [0, 0.1) is 5.82 Å². The van der Waals surface area contributed by atoms with Crippen molar-refractivity contribution in [2.24, 2.45) is 0 Å². The Morgan fingerprint density at radius 1 is 1.00 bits per heavy atom. The molecule has 2 aromatic rings. The zero-order valence-electron chi connectivity index (χ0n) is 9.90. The van der Waals surface area contributed by atoms with E-state index in [1.54, 1.807) is 12.1 Å². The van der Waals surface area contributed by atoms with Crippen LogP contribution < -0.4 is 4.74 Å². The van der Waals surface area contributed by atoms with Gasteiger partial charge in [0.15, 0.2) is 0 Å². The van der Waals surface area contributed by atoms with Crippen molar-refractivity contribution in [3.05, 3.63) is 65.5 Å². The van der Waals surface area contributed by atoms with Crippen LogP contribution in [0.15, 0.2) is 48.5 Å². The molecule has 18 heavy (non-hydrogen) atoms. The van der Waals surface area contributed by atoms with Gasteiger partial charge in [0, 0.05) is 11.8 Å². The van der Waals surface area contributed by atoms with E-state index in [2.05, 4.69) is 15.9 Å². The van der Waals surface area contributed by atoms with Crippen LogP contribution in [0.5, 0.6) is 5.75 Å². The molecular formula is C15H14BrFO. The smallest absolute Gasteiger partial charge is 0.123 e. The molecule has 0 aliphatic heterocycles. The van der Waals surface area contributed by atoms with E-state index in [9.17, 15) is 4.39 Å². The number of alkyl halides is 1. The van der Waals surface area contributed by atoms with Gasteiger partial charge in [0.2, 0.25) is 0 Å². The van der Waals surface area contributed by atoms with Gasteiger partial charge in [-0.15, -0.1) is 0 Å². The first kappa shape index (κ1) is 13.1. The van der Waals surface area contributed by atoms with Crippen molar-refractivity contribution in [3.63, 3.8) is 0 Å². The monoisotopic (exact) mass is 308 g/mol. The molecule has 3 heteroatoms. The molecule has 1 nitrogen and oxygen atoms in total. The first-order valence-corrected chi connectivity index (χ1v) is 6.92. The van der Waals surface area contributed by atoms with Crippen LogP contribution in [-0.4, -0.2) is 6.61 Å². The maximum absolute atomic E-state index is 12.7. The van der Waals surface area contributed by atoms with Crippen LogP contribution >= 0.6 is 15.9 Å². The van der Waals surface area contributed by atoms with Crippen molar-refractivity contribution in [3.8, 4) is 5.75 Å². The lowest BCUT2D eigenvalue weighted by Gasteiger charge is -2.07. The minimum absolute atomic E-state index is 0.204. The molecule has 0 spiro atoms. The van der Waals surface area contributed by atoms with Crippen molar-refractivity contribution >= 4 is 15.9 Å². The van der Waals surface area contributed by atoms with E-state index in [0.29, 0.717) is 6.61 Å². The highest BCUT2D eigenvalue weighted by Crippen LogP contribution is 2.15. The van der Waals surface area contributed by atoms with Crippen LogP contribution in [-0.2, 0) is 11.8 Å². The first-order valence-electron chi connectivity index (χ1n) is 5.80. The molecule has 0 amide bonds. The number of hydrogen-bond donors (Lipinski definition) is 0. The van der Waals surface area contributed by atoms with Gasteiger partial charge in [-0.3, -0.25) is 0 Å². The van der Waals surface area contributed by atoms with E-state index in [0.717, 1.165) is 23.1 Å². The van der Waals surface area contributed by atoms with Crippen molar-refractivity contribution in [1.29, 1.82) is 0 Å². The summed E-state index contributed by atoms with van der Waals surface area (Å²) in [6.45, 7) is 0.595. The lowest BCUT2D eigenvalue weighted by molar-refractivity contribution is 0.321. The van der Waals surface area contributed by atoms with Gasteiger partial charge in [0.05, 0.1) is 6.61 Å². The van der Waals surface area contributed by atoms with Crippen molar-refractivity contribution in [2.45, 2.75) is 11.8 Å². The maximum atomic E-state index is 12.7. The topological polar surface area (TPSA) is 9.23 Å². The summed E-state index contributed by atoms with van der Waals surface area (Å²) >= 11 is 3.41. The quantitative estimate of drug-likeness (QED) is 0.747. The third-order valence-corrected chi connectivity index (χ3v) is 3.27. The maximum Gasteiger partial charge on any atom is 0.123 e. The molecular weight excluding hydrogens is 295 g/mol. The van der Waals surface area contributed by atoms with Gasteiger partial charge >= 0.3 is 0 Å². The fourth-order valence-corrected chi connectivity index (χ4v) is 2.00. The average Bonchev–Trinajstić information content (AvgIpc) is 2.41. The van der Waals surface area contributed by atoms with E-state index in [4.69, 9.17) is 4.74 Å².